The third kappa shape index (κ3) is 3.94. The van der Waals surface area contributed by atoms with E-state index in [1.165, 1.54) is 6.07 Å². The highest BCUT2D eigenvalue weighted by Crippen LogP contribution is 2.30. The number of hydrogen-bond donors (Lipinski definition) is 1. The number of aromatic nitrogens is 1. The summed E-state index contributed by atoms with van der Waals surface area (Å²) in [5.74, 6) is -2.28. The van der Waals surface area contributed by atoms with Crippen LogP contribution in [-0.4, -0.2) is 40.0 Å². The van der Waals surface area contributed by atoms with Crippen molar-refractivity contribution in [3.8, 4) is 0 Å². The normalized spacial score (nSPS) is 11.2. The summed E-state index contributed by atoms with van der Waals surface area (Å²) >= 11 is 0. The Morgan fingerprint density at radius 3 is 2.55 bits per heavy atom. The summed E-state index contributed by atoms with van der Waals surface area (Å²) in [6, 6.07) is 2.19. The van der Waals surface area contributed by atoms with Crippen molar-refractivity contribution < 1.29 is 27.9 Å². The lowest BCUT2D eigenvalue weighted by Crippen LogP contribution is -2.37. The molecule has 1 aromatic heterocycles. The Kier molecular flexibility index (Phi) is 5.06. The van der Waals surface area contributed by atoms with Crippen molar-refractivity contribution in [2.75, 3.05) is 13.1 Å². The van der Waals surface area contributed by atoms with E-state index in [9.17, 15) is 22.8 Å². The van der Waals surface area contributed by atoms with E-state index in [0.717, 1.165) is 17.2 Å². The summed E-state index contributed by atoms with van der Waals surface area (Å²) in [7, 11) is 0. The number of hydrogen-bond acceptors (Lipinski definition) is 3. The largest absolute Gasteiger partial charge is 0.480 e. The molecule has 1 rings (SSSR count). The first kappa shape index (κ1) is 15.9. The Bertz CT molecular complexity index is 503. The van der Waals surface area contributed by atoms with Crippen LogP contribution in [-0.2, 0) is 11.0 Å². The molecule has 0 fully saturated rings. The lowest BCUT2D eigenvalue weighted by Gasteiger charge is -2.21. The van der Waals surface area contributed by atoms with Gasteiger partial charge in [-0.05, 0) is 18.6 Å². The number of amides is 1. The molecular formula is C12H13F3N2O3. The van der Waals surface area contributed by atoms with Crippen LogP contribution in [0.3, 0.4) is 0 Å². The molecule has 1 aromatic rings. The maximum Gasteiger partial charge on any atom is 0.434 e. The third-order valence-corrected chi connectivity index (χ3v) is 2.41. The Morgan fingerprint density at radius 2 is 2.05 bits per heavy atom. The SMILES string of the molecule is CCCN(CC(=O)O)C(=O)c1cccnc1C(F)(F)F. The first-order valence-corrected chi connectivity index (χ1v) is 5.80. The fourth-order valence-electron chi connectivity index (χ4n) is 1.66. The number of alkyl halides is 3. The average Bonchev–Trinajstić information content (AvgIpc) is 2.36. The molecule has 1 amide bonds. The van der Waals surface area contributed by atoms with Gasteiger partial charge < -0.3 is 10.0 Å². The van der Waals surface area contributed by atoms with E-state index in [2.05, 4.69) is 4.98 Å². The molecule has 110 valence electrons. The smallest absolute Gasteiger partial charge is 0.434 e. The van der Waals surface area contributed by atoms with E-state index in [1.54, 1.807) is 6.92 Å². The number of halogens is 3. The van der Waals surface area contributed by atoms with E-state index in [-0.39, 0.29) is 6.54 Å². The van der Waals surface area contributed by atoms with E-state index in [0.29, 0.717) is 6.42 Å². The number of aliphatic carboxylic acids is 1. The van der Waals surface area contributed by atoms with Crippen molar-refractivity contribution >= 4 is 11.9 Å². The van der Waals surface area contributed by atoms with Crippen molar-refractivity contribution in [2.24, 2.45) is 0 Å². The Hall–Kier alpha value is -2.12. The zero-order chi connectivity index (χ0) is 15.3. The van der Waals surface area contributed by atoms with Gasteiger partial charge in [-0.3, -0.25) is 14.6 Å². The molecule has 0 bridgehead atoms. The van der Waals surface area contributed by atoms with Crippen molar-refractivity contribution in [2.45, 2.75) is 19.5 Å². The third-order valence-electron chi connectivity index (χ3n) is 2.41. The predicted octanol–water partition coefficient (Wildman–Crippen LogP) is 2.04. The van der Waals surface area contributed by atoms with E-state index in [4.69, 9.17) is 5.11 Å². The minimum Gasteiger partial charge on any atom is -0.480 e. The number of carboxylic acid groups (broad SMARTS) is 1. The Balaban J connectivity index is 3.15. The quantitative estimate of drug-likeness (QED) is 0.900. The molecule has 1 N–H and O–H groups in total. The first-order chi connectivity index (χ1) is 9.27. The van der Waals surface area contributed by atoms with Gasteiger partial charge in [0.15, 0.2) is 5.69 Å². The number of carbonyl (C=O) groups is 2. The molecule has 0 unspecified atom stereocenters. The van der Waals surface area contributed by atoms with Crippen molar-refractivity contribution in [3.05, 3.63) is 29.6 Å². The second kappa shape index (κ2) is 6.36. The number of carboxylic acids is 1. The van der Waals surface area contributed by atoms with E-state index >= 15 is 0 Å². The first-order valence-electron chi connectivity index (χ1n) is 5.80. The topological polar surface area (TPSA) is 70.5 Å². The second-order valence-corrected chi connectivity index (χ2v) is 4.02. The standard InChI is InChI=1S/C12H13F3N2O3/c1-2-6-17(7-9(18)19)11(20)8-4-3-5-16-10(8)12(13,14)15/h3-5H,2,6-7H2,1H3,(H,18,19). The fraction of sp³-hybridized carbons (Fsp3) is 0.417. The van der Waals surface area contributed by atoms with Gasteiger partial charge in [0.05, 0.1) is 5.56 Å². The lowest BCUT2D eigenvalue weighted by molar-refractivity contribution is -0.141. The van der Waals surface area contributed by atoms with Crippen LogP contribution in [0.5, 0.6) is 0 Å². The predicted molar refractivity (Wildman–Crippen MR) is 63.1 cm³/mol. The molecule has 5 nitrogen and oxygen atoms in total. The highest BCUT2D eigenvalue weighted by Gasteiger charge is 2.38. The van der Waals surface area contributed by atoms with Gasteiger partial charge in [-0.25, -0.2) is 0 Å². The molecule has 0 aliphatic carbocycles. The average molecular weight is 290 g/mol. The maximum atomic E-state index is 12.8. The highest BCUT2D eigenvalue weighted by molar-refractivity contribution is 5.96. The second-order valence-electron chi connectivity index (χ2n) is 4.02. The van der Waals surface area contributed by atoms with Gasteiger partial charge in [0.2, 0.25) is 0 Å². The molecule has 0 spiro atoms. The summed E-state index contributed by atoms with van der Waals surface area (Å²) in [6.45, 7) is 1.09. The van der Waals surface area contributed by atoms with Crippen LogP contribution in [0.25, 0.3) is 0 Å². The summed E-state index contributed by atoms with van der Waals surface area (Å²) in [5.41, 5.74) is -1.95. The van der Waals surface area contributed by atoms with Crippen LogP contribution in [0.1, 0.15) is 29.4 Å². The number of rotatable bonds is 5. The molecule has 20 heavy (non-hydrogen) atoms. The maximum absolute atomic E-state index is 12.8. The lowest BCUT2D eigenvalue weighted by atomic mass is 10.1. The number of nitrogens with zero attached hydrogens (tertiary/aromatic N) is 2. The minimum atomic E-state index is -4.77. The van der Waals surface area contributed by atoms with Gasteiger partial charge in [-0.2, -0.15) is 13.2 Å². The Labute approximate surface area is 113 Å². The van der Waals surface area contributed by atoms with Crippen LogP contribution in [0.4, 0.5) is 13.2 Å². The number of pyridine rings is 1. The van der Waals surface area contributed by atoms with Gasteiger partial charge in [0, 0.05) is 12.7 Å². The van der Waals surface area contributed by atoms with Gasteiger partial charge in [0.1, 0.15) is 6.54 Å². The summed E-state index contributed by atoms with van der Waals surface area (Å²) < 4.78 is 38.3. The molecule has 0 atom stereocenters. The van der Waals surface area contributed by atoms with Crippen LogP contribution < -0.4 is 0 Å². The molecule has 0 radical (unpaired) electrons. The molecule has 0 aromatic carbocycles. The summed E-state index contributed by atoms with van der Waals surface area (Å²) in [6.07, 6.45) is -3.41. The van der Waals surface area contributed by atoms with Crippen molar-refractivity contribution in [3.63, 3.8) is 0 Å². The molecule has 0 aliphatic rings. The molecule has 0 aliphatic heterocycles. The minimum absolute atomic E-state index is 0.0529. The van der Waals surface area contributed by atoms with Gasteiger partial charge in [0.25, 0.3) is 5.91 Å². The molecule has 8 heteroatoms. The van der Waals surface area contributed by atoms with E-state index in [1.807, 2.05) is 0 Å². The van der Waals surface area contributed by atoms with Crippen molar-refractivity contribution in [1.82, 2.24) is 9.88 Å². The van der Waals surface area contributed by atoms with Crippen LogP contribution in [0.15, 0.2) is 18.3 Å². The monoisotopic (exact) mass is 290 g/mol. The molecule has 0 saturated carbocycles. The van der Waals surface area contributed by atoms with Gasteiger partial charge in [-0.15, -0.1) is 0 Å². The van der Waals surface area contributed by atoms with Gasteiger partial charge >= 0.3 is 12.1 Å². The highest BCUT2D eigenvalue weighted by atomic mass is 19.4. The molecular weight excluding hydrogens is 277 g/mol. The number of carbonyl (C=O) groups excluding carboxylic acids is 1. The molecule has 1 heterocycles. The van der Waals surface area contributed by atoms with Crippen molar-refractivity contribution in [1.29, 1.82) is 0 Å². The van der Waals surface area contributed by atoms with Crippen LogP contribution in [0.2, 0.25) is 0 Å². The van der Waals surface area contributed by atoms with E-state index < -0.39 is 35.9 Å². The zero-order valence-corrected chi connectivity index (χ0v) is 10.6. The van der Waals surface area contributed by atoms with Crippen LogP contribution >= 0.6 is 0 Å². The van der Waals surface area contributed by atoms with Crippen LogP contribution in [0, 0.1) is 0 Å². The van der Waals surface area contributed by atoms with Gasteiger partial charge in [-0.1, -0.05) is 6.92 Å². The summed E-state index contributed by atoms with van der Waals surface area (Å²) in [4.78, 5) is 26.8. The fourth-order valence-corrected chi connectivity index (χ4v) is 1.66. The molecule has 0 saturated heterocycles. The summed E-state index contributed by atoms with van der Waals surface area (Å²) in [5, 5.41) is 8.70. The Morgan fingerprint density at radius 1 is 1.40 bits per heavy atom. The zero-order valence-electron chi connectivity index (χ0n) is 10.6.